The van der Waals surface area contributed by atoms with Crippen LogP contribution in [-0.4, -0.2) is 34.0 Å². The Bertz CT molecular complexity index is 402. The fourth-order valence-corrected chi connectivity index (χ4v) is 1.42. The lowest BCUT2D eigenvalue weighted by Gasteiger charge is -2.11. The Labute approximate surface area is 106 Å². The summed E-state index contributed by atoms with van der Waals surface area (Å²) < 4.78 is 4.87. The number of rotatable bonds is 6. The van der Waals surface area contributed by atoms with Crippen molar-refractivity contribution >= 4 is 5.97 Å². The minimum absolute atomic E-state index is 0.0405. The summed E-state index contributed by atoms with van der Waals surface area (Å²) in [6.07, 6.45) is 0.456. The molecule has 0 amide bonds. The third kappa shape index (κ3) is 4.25. The normalized spacial score (nSPS) is 12.1. The fourth-order valence-electron chi connectivity index (χ4n) is 1.42. The van der Waals surface area contributed by atoms with E-state index in [0.29, 0.717) is 12.2 Å². The summed E-state index contributed by atoms with van der Waals surface area (Å²) in [4.78, 5) is 11.4. The van der Waals surface area contributed by atoms with E-state index >= 15 is 0 Å². The van der Waals surface area contributed by atoms with Crippen molar-refractivity contribution in [3.63, 3.8) is 0 Å². The molecule has 0 aliphatic rings. The molecule has 0 fully saturated rings. The largest absolute Gasteiger partial charge is 0.504 e. The first-order valence-electron chi connectivity index (χ1n) is 5.90. The molecule has 0 aliphatic carbocycles. The highest BCUT2D eigenvalue weighted by Crippen LogP contribution is 2.25. The number of aromatic hydroxyl groups is 2. The summed E-state index contributed by atoms with van der Waals surface area (Å²) in [6, 6.07) is 4.13. The van der Waals surface area contributed by atoms with Crippen molar-refractivity contribution in [1.29, 1.82) is 0 Å². The minimum Gasteiger partial charge on any atom is -0.504 e. The smallest absolute Gasteiger partial charge is 0.335 e. The van der Waals surface area contributed by atoms with Crippen LogP contribution in [0.4, 0.5) is 0 Å². The van der Waals surface area contributed by atoms with Crippen molar-refractivity contribution in [1.82, 2.24) is 0 Å². The number of unbranched alkanes of at least 4 members (excludes halogenated alkanes) is 1. The van der Waals surface area contributed by atoms with Gasteiger partial charge in [-0.1, -0.05) is 19.4 Å². The zero-order chi connectivity index (χ0) is 13.5. The lowest BCUT2D eigenvalue weighted by atomic mass is 10.1. The molecule has 0 saturated heterocycles. The monoisotopic (exact) mass is 254 g/mol. The number of esters is 1. The average molecular weight is 254 g/mol. The SMILES string of the molecule is CCCCOC(=O)[C@@H](O)Cc1ccc(O)c(O)c1. The van der Waals surface area contributed by atoms with E-state index in [0.717, 1.165) is 12.8 Å². The molecule has 0 bridgehead atoms. The standard InChI is InChI=1S/C13H18O5/c1-2-3-6-18-13(17)12(16)8-9-4-5-10(14)11(15)7-9/h4-5,7,12,14-16H,2-3,6,8H2,1H3/t12-/m0/s1. The Morgan fingerprint density at radius 3 is 2.67 bits per heavy atom. The lowest BCUT2D eigenvalue weighted by molar-refractivity contribution is -0.153. The van der Waals surface area contributed by atoms with E-state index in [-0.39, 0.29) is 17.9 Å². The van der Waals surface area contributed by atoms with Crippen LogP contribution in [0.5, 0.6) is 11.5 Å². The number of phenols is 2. The summed E-state index contributed by atoms with van der Waals surface area (Å²) in [5, 5.41) is 28.0. The number of aliphatic hydroxyl groups excluding tert-OH is 1. The molecule has 18 heavy (non-hydrogen) atoms. The minimum atomic E-state index is -1.26. The van der Waals surface area contributed by atoms with Gasteiger partial charge in [0.25, 0.3) is 0 Å². The fraction of sp³-hybridized carbons (Fsp3) is 0.462. The molecule has 0 aromatic heterocycles. The molecule has 5 heteroatoms. The number of hydrogen-bond donors (Lipinski definition) is 3. The summed E-state index contributed by atoms with van der Waals surface area (Å²) in [5.74, 6) is -1.19. The number of carbonyl (C=O) groups excluding carboxylic acids is 1. The van der Waals surface area contributed by atoms with E-state index in [9.17, 15) is 15.0 Å². The van der Waals surface area contributed by atoms with Gasteiger partial charge in [-0.15, -0.1) is 0 Å². The second-order valence-electron chi connectivity index (χ2n) is 4.06. The molecule has 0 spiro atoms. The van der Waals surface area contributed by atoms with Crippen LogP contribution < -0.4 is 0 Å². The molecular formula is C13H18O5. The van der Waals surface area contributed by atoms with Gasteiger partial charge in [0.2, 0.25) is 0 Å². The number of benzene rings is 1. The molecule has 1 rings (SSSR count). The van der Waals surface area contributed by atoms with Gasteiger partial charge in [-0.25, -0.2) is 4.79 Å². The molecule has 5 nitrogen and oxygen atoms in total. The first-order valence-corrected chi connectivity index (χ1v) is 5.90. The van der Waals surface area contributed by atoms with Crippen LogP contribution in [0, 0.1) is 0 Å². The van der Waals surface area contributed by atoms with Crippen LogP contribution in [0.25, 0.3) is 0 Å². The van der Waals surface area contributed by atoms with Crippen molar-refractivity contribution in [3.8, 4) is 11.5 Å². The molecule has 1 atom stereocenters. The Morgan fingerprint density at radius 1 is 1.33 bits per heavy atom. The first kappa shape index (κ1) is 14.3. The van der Waals surface area contributed by atoms with Gasteiger partial charge in [0.05, 0.1) is 6.61 Å². The van der Waals surface area contributed by atoms with Crippen LogP contribution in [-0.2, 0) is 16.0 Å². The average Bonchev–Trinajstić information content (AvgIpc) is 2.34. The molecule has 0 unspecified atom stereocenters. The van der Waals surface area contributed by atoms with E-state index in [1.54, 1.807) is 0 Å². The predicted molar refractivity (Wildman–Crippen MR) is 65.3 cm³/mol. The Hall–Kier alpha value is -1.75. The Kier molecular flexibility index (Phi) is 5.45. The number of ether oxygens (including phenoxy) is 1. The van der Waals surface area contributed by atoms with Crippen molar-refractivity contribution in [2.75, 3.05) is 6.61 Å². The molecule has 1 aromatic rings. The Morgan fingerprint density at radius 2 is 2.06 bits per heavy atom. The molecular weight excluding hydrogens is 236 g/mol. The third-order valence-electron chi connectivity index (χ3n) is 2.48. The van der Waals surface area contributed by atoms with Crippen LogP contribution in [0.2, 0.25) is 0 Å². The summed E-state index contributed by atoms with van der Waals surface area (Å²) in [7, 11) is 0. The maximum absolute atomic E-state index is 11.4. The van der Waals surface area contributed by atoms with Crippen molar-refractivity contribution in [2.24, 2.45) is 0 Å². The zero-order valence-corrected chi connectivity index (χ0v) is 10.3. The first-order chi connectivity index (χ1) is 8.54. The van der Waals surface area contributed by atoms with Gasteiger partial charge >= 0.3 is 5.97 Å². The molecule has 0 saturated carbocycles. The number of phenolic OH excluding ortho intramolecular Hbond substituents is 2. The van der Waals surface area contributed by atoms with E-state index in [1.807, 2.05) is 6.92 Å². The van der Waals surface area contributed by atoms with Gasteiger partial charge in [0.1, 0.15) is 0 Å². The molecule has 100 valence electrons. The van der Waals surface area contributed by atoms with Gasteiger partial charge in [-0.05, 0) is 24.1 Å². The molecule has 3 N–H and O–H groups in total. The van der Waals surface area contributed by atoms with Crippen LogP contribution in [0.3, 0.4) is 0 Å². The van der Waals surface area contributed by atoms with Crippen molar-refractivity contribution < 1.29 is 24.9 Å². The molecule has 1 aromatic carbocycles. The highest BCUT2D eigenvalue weighted by molar-refractivity contribution is 5.74. The summed E-state index contributed by atoms with van der Waals surface area (Å²) in [6.45, 7) is 2.27. The lowest BCUT2D eigenvalue weighted by Crippen LogP contribution is -2.25. The molecule has 0 heterocycles. The number of carbonyl (C=O) groups is 1. The maximum Gasteiger partial charge on any atom is 0.335 e. The van der Waals surface area contributed by atoms with Crippen molar-refractivity contribution in [2.45, 2.75) is 32.3 Å². The van der Waals surface area contributed by atoms with Gasteiger partial charge in [-0.2, -0.15) is 0 Å². The second kappa shape index (κ2) is 6.86. The van der Waals surface area contributed by atoms with Crippen LogP contribution in [0.15, 0.2) is 18.2 Å². The van der Waals surface area contributed by atoms with Crippen LogP contribution in [0.1, 0.15) is 25.3 Å². The van der Waals surface area contributed by atoms with E-state index in [4.69, 9.17) is 9.84 Å². The summed E-state index contributed by atoms with van der Waals surface area (Å²) >= 11 is 0. The maximum atomic E-state index is 11.4. The highest BCUT2D eigenvalue weighted by atomic mass is 16.5. The van der Waals surface area contributed by atoms with E-state index in [1.165, 1.54) is 18.2 Å². The molecule has 0 radical (unpaired) electrons. The van der Waals surface area contributed by atoms with Gasteiger partial charge in [0.15, 0.2) is 17.6 Å². The number of aliphatic hydroxyl groups is 1. The van der Waals surface area contributed by atoms with Crippen LogP contribution >= 0.6 is 0 Å². The zero-order valence-electron chi connectivity index (χ0n) is 10.3. The van der Waals surface area contributed by atoms with E-state index in [2.05, 4.69) is 0 Å². The summed E-state index contributed by atoms with van der Waals surface area (Å²) in [5.41, 5.74) is 0.547. The quantitative estimate of drug-likeness (QED) is 0.405. The van der Waals surface area contributed by atoms with E-state index < -0.39 is 12.1 Å². The number of hydrogen-bond acceptors (Lipinski definition) is 5. The third-order valence-corrected chi connectivity index (χ3v) is 2.48. The van der Waals surface area contributed by atoms with Gasteiger partial charge in [-0.3, -0.25) is 0 Å². The van der Waals surface area contributed by atoms with Crippen molar-refractivity contribution in [3.05, 3.63) is 23.8 Å². The van der Waals surface area contributed by atoms with Gasteiger partial charge in [0, 0.05) is 6.42 Å². The van der Waals surface area contributed by atoms with Gasteiger partial charge < -0.3 is 20.1 Å². The predicted octanol–water partition coefficient (Wildman–Crippen LogP) is 1.34. The molecule has 0 aliphatic heterocycles. The topological polar surface area (TPSA) is 87.0 Å². The second-order valence-corrected chi connectivity index (χ2v) is 4.06. The Balaban J connectivity index is 2.50. The highest BCUT2D eigenvalue weighted by Gasteiger charge is 2.17.